The van der Waals surface area contributed by atoms with Gasteiger partial charge in [0.15, 0.2) is 18.4 Å². The fourth-order valence-electron chi connectivity index (χ4n) is 13.3. The van der Waals surface area contributed by atoms with Gasteiger partial charge in [0.1, 0.15) is 48.8 Å². The second-order valence-electron chi connectivity index (χ2n) is 20.6. The van der Waals surface area contributed by atoms with Gasteiger partial charge in [-0.2, -0.15) is 0 Å². The minimum Gasteiger partial charge on any atom is -0.550 e. The molecule has 16 nitrogen and oxygen atoms in total. The molecule has 19 atom stereocenters. The minimum atomic E-state index is -2.16. The van der Waals surface area contributed by atoms with E-state index in [4.69, 9.17) is 18.9 Å². The van der Waals surface area contributed by atoms with Gasteiger partial charge in [0.05, 0.1) is 18.0 Å². The molecule has 2 aliphatic heterocycles. The second-order valence-corrected chi connectivity index (χ2v) is 20.6. The third kappa shape index (κ3) is 8.44. The molecule has 0 radical (unpaired) electrons. The Labute approximate surface area is 423 Å². The van der Waals surface area contributed by atoms with E-state index in [0.29, 0.717) is 38.5 Å². The summed E-state index contributed by atoms with van der Waals surface area (Å²) in [6.45, 7) is 14.6. The molecule has 5 N–H and O–H groups in total. The molecular weight excluding hydrogens is 829 g/mol. The Balaban J connectivity index is 0.00000273. The summed E-state index contributed by atoms with van der Waals surface area (Å²) >= 11 is 0. The number of hydrogen-bond donors (Lipinski definition) is 5. The summed E-state index contributed by atoms with van der Waals surface area (Å²) in [6, 6.07) is 0. The van der Waals surface area contributed by atoms with Crippen LogP contribution in [0.15, 0.2) is 11.6 Å². The first-order chi connectivity index (χ1) is 26.8. The number of aliphatic hydroxyl groups is 5. The molecule has 7 aliphatic rings. The zero-order valence-corrected chi connectivity index (χ0v) is 43.3. The summed E-state index contributed by atoms with van der Waals surface area (Å²) in [5.41, 5.74) is -2.11. The molecule has 0 unspecified atom stereocenters. The van der Waals surface area contributed by atoms with Gasteiger partial charge in [-0.3, -0.25) is 4.79 Å². The van der Waals surface area contributed by atoms with Crippen molar-refractivity contribution in [3.63, 3.8) is 0 Å². The Morgan fingerprint density at radius 3 is 1.82 bits per heavy atom. The van der Waals surface area contributed by atoms with Crippen LogP contribution >= 0.6 is 0 Å². The van der Waals surface area contributed by atoms with Crippen molar-refractivity contribution in [1.29, 1.82) is 0 Å². The summed E-state index contributed by atoms with van der Waals surface area (Å²) in [4.78, 5) is 50.9. The quantitative estimate of drug-likeness (QED) is 0.117. The molecule has 61 heavy (non-hydrogen) atoms. The minimum absolute atomic E-state index is 0. The number of ether oxygens (including phenoxy) is 4. The van der Waals surface area contributed by atoms with Gasteiger partial charge >= 0.3 is 88.7 Å². The molecule has 7 rings (SSSR count). The molecule has 6 fully saturated rings. The summed E-state index contributed by atoms with van der Waals surface area (Å²) in [5, 5.41) is 89.2. The van der Waals surface area contributed by atoms with E-state index in [-0.39, 0.29) is 123 Å². The molecule has 0 bridgehead atoms. The molecule has 19 heteroatoms. The SMILES string of the molecule is CC1(C)[C@@H](O[C@H]2O[C@H](C(=O)[O-])[C@@H](O)[C@H](O)[C@H]2O[C@@H]2O[C@H](C(=O)[O-])[C@@H](O)[C@H](O)[C@H]2O)CC[C@]2(C)[C@H]3C(=O)C=C4[C@@H]5C[C@@](C)(C(=O)[O-])CC[C@]5(C)CC[C@@]4(C)[C@]3(C)CC[C@@H]12.[Na+].[Na+].[Na+]. The number of rotatable bonds is 7. The van der Waals surface area contributed by atoms with Crippen LogP contribution in [-0.4, -0.2) is 117 Å². The van der Waals surface area contributed by atoms with Crippen molar-refractivity contribution < 1.29 is 168 Å². The number of carboxylic acids is 3. The Morgan fingerprint density at radius 2 is 1.25 bits per heavy atom. The van der Waals surface area contributed by atoms with Gasteiger partial charge < -0.3 is 74.2 Å². The van der Waals surface area contributed by atoms with Crippen LogP contribution in [0.2, 0.25) is 0 Å². The predicted molar refractivity (Wildman–Crippen MR) is 192 cm³/mol. The van der Waals surface area contributed by atoms with Crippen LogP contribution in [0.3, 0.4) is 0 Å². The Kier molecular flexibility index (Phi) is 16.4. The maximum Gasteiger partial charge on any atom is 1.00 e. The van der Waals surface area contributed by atoms with Gasteiger partial charge in [0.2, 0.25) is 0 Å². The Hall–Kier alpha value is 0.460. The molecule has 0 amide bonds. The Morgan fingerprint density at radius 1 is 0.689 bits per heavy atom. The molecule has 2 saturated heterocycles. The van der Waals surface area contributed by atoms with E-state index >= 15 is 0 Å². The zero-order valence-electron chi connectivity index (χ0n) is 37.3. The van der Waals surface area contributed by atoms with Gasteiger partial charge in [-0.25, -0.2) is 0 Å². The molecule has 0 aromatic rings. The summed E-state index contributed by atoms with van der Waals surface area (Å²) in [6.07, 6.45) is -13.4. The number of fused-ring (bicyclic) bond motifs is 7. The number of carbonyl (C=O) groups excluding carboxylic acids is 4. The standard InChI is InChI=1S/C42H62O16.3Na/c1-37(2)21-8-11-42(7)31(20(43)16-18-19-17-39(4,36(53)54)13-12-38(19,3)14-15-41(18,42)6)40(21,5)10-9-22(37)55-35-30(26(47)25(46)29(57-35)33(51)52)58-34-27(48)23(44)24(45)28(56-34)32(49)50;;;/h16,19,21-31,34-35,44-48H,8-15,17H2,1-7H3,(H,49,50)(H,51,52)(H,53,54);;;/q;3*+1/p-3/t19-,21-,22-,23-,24-,25-,26-,27+,28-,29-,30+,31+,34-,35-,38+,39-,40-,41+,42+;;;/m0.../s1. The normalized spacial score (nSPS) is 50.0. The first-order valence-corrected chi connectivity index (χ1v) is 20.7. The molecular formula is C42H59Na3O16. The third-order valence-electron chi connectivity index (χ3n) is 17.2. The van der Waals surface area contributed by atoms with Crippen LogP contribution in [0.4, 0.5) is 0 Å². The van der Waals surface area contributed by atoms with Crippen LogP contribution < -0.4 is 104 Å². The van der Waals surface area contributed by atoms with Crippen LogP contribution in [0.5, 0.6) is 0 Å². The van der Waals surface area contributed by atoms with Crippen LogP contribution in [0.25, 0.3) is 0 Å². The van der Waals surface area contributed by atoms with Crippen molar-refractivity contribution in [3.05, 3.63) is 11.6 Å². The summed E-state index contributed by atoms with van der Waals surface area (Å²) in [7, 11) is 0. The fraction of sp³-hybridized carbons (Fsp3) is 0.857. The van der Waals surface area contributed by atoms with E-state index < -0.39 is 107 Å². The molecule has 326 valence electrons. The van der Waals surface area contributed by atoms with E-state index in [9.17, 15) is 60.0 Å². The zero-order chi connectivity index (χ0) is 42.9. The predicted octanol–water partition coefficient (Wildman–Crippen LogP) is -10.7. The van der Waals surface area contributed by atoms with Crippen molar-refractivity contribution in [2.24, 2.45) is 50.2 Å². The molecule has 0 aromatic heterocycles. The van der Waals surface area contributed by atoms with E-state index in [1.807, 2.05) is 19.9 Å². The summed E-state index contributed by atoms with van der Waals surface area (Å²) in [5.74, 6) is -5.37. The van der Waals surface area contributed by atoms with Gasteiger partial charge in [0, 0.05) is 17.3 Å². The van der Waals surface area contributed by atoms with Crippen LogP contribution in [0.1, 0.15) is 106 Å². The van der Waals surface area contributed by atoms with E-state index in [1.165, 1.54) is 0 Å². The van der Waals surface area contributed by atoms with Crippen molar-refractivity contribution in [1.82, 2.24) is 0 Å². The fourth-order valence-corrected chi connectivity index (χ4v) is 13.3. The number of carbonyl (C=O) groups is 4. The van der Waals surface area contributed by atoms with E-state index in [1.54, 1.807) is 6.92 Å². The number of carboxylic acid groups (broad SMARTS) is 3. The number of hydrogen-bond acceptors (Lipinski definition) is 16. The summed E-state index contributed by atoms with van der Waals surface area (Å²) < 4.78 is 23.1. The number of aliphatic hydroxyl groups excluding tert-OH is 5. The average Bonchev–Trinajstić information content (AvgIpc) is 3.13. The van der Waals surface area contributed by atoms with Crippen LogP contribution in [-0.2, 0) is 38.1 Å². The van der Waals surface area contributed by atoms with Crippen molar-refractivity contribution in [2.75, 3.05) is 0 Å². The third-order valence-corrected chi connectivity index (χ3v) is 17.2. The maximum absolute atomic E-state index is 14.8. The van der Waals surface area contributed by atoms with E-state index in [0.717, 1.165) is 24.8 Å². The van der Waals surface area contributed by atoms with Gasteiger partial charge in [-0.05, 0) is 103 Å². The van der Waals surface area contributed by atoms with Crippen molar-refractivity contribution >= 4 is 23.7 Å². The van der Waals surface area contributed by atoms with Crippen molar-refractivity contribution in [2.45, 2.75) is 174 Å². The van der Waals surface area contributed by atoms with Crippen molar-refractivity contribution in [3.8, 4) is 0 Å². The second kappa shape index (κ2) is 18.5. The maximum atomic E-state index is 14.8. The smallest absolute Gasteiger partial charge is 0.550 e. The molecule has 0 spiro atoms. The molecule has 0 aromatic carbocycles. The first-order valence-electron chi connectivity index (χ1n) is 20.7. The Bertz CT molecular complexity index is 1750. The topological polar surface area (TPSA) is 276 Å². The number of ketones is 1. The number of aliphatic carboxylic acids is 3. The first kappa shape index (κ1) is 54.1. The molecule has 5 aliphatic carbocycles. The largest absolute Gasteiger partial charge is 1.00 e. The monoisotopic (exact) mass is 888 g/mol. The molecule has 2 heterocycles. The van der Waals surface area contributed by atoms with Gasteiger partial charge in [0.25, 0.3) is 0 Å². The number of allylic oxidation sites excluding steroid dienone is 2. The average molecular weight is 889 g/mol. The van der Waals surface area contributed by atoms with E-state index in [2.05, 4.69) is 27.7 Å². The van der Waals surface area contributed by atoms with Gasteiger partial charge in [-0.1, -0.05) is 54.0 Å². The van der Waals surface area contributed by atoms with Gasteiger partial charge in [-0.15, -0.1) is 0 Å². The van der Waals surface area contributed by atoms with Crippen LogP contribution in [0, 0.1) is 50.2 Å². The molecule has 4 saturated carbocycles.